The zero-order valence-electron chi connectivity index (χ0n) is 14.1. The van der Waals surface area contributed by atoms with E-state index in [2.05, 4.69) is 57.1 Å². The van der Waals surface area contributed by atoms with Crippen molar-refractivity contribution in [2.45, 2.75) is 20.3 Å². The van der Waals surface area contributed by atoms with Crippen molar-refractivity contribution < 1.29 is 0 Å². The van der Waals surface area contributed by atoms with Gasteiger partial charge in [-0.15, -0.1) is 0 Å². The summed E-state index contributed by atoms with van der Waals surface area (Å²) in [6, 6.07) is 8.45. The van der Waals surface area contributed by atoms with Crippen molar-refractivity contribution in [1.82, 2.24) is 4.90 Å². The number of hydrogen-bond acceptors (Lipinski definition) is 3. The molecule has 0 saturated carbocycles. The largest absolute Gasteiger partial charge is 0.309 e. The van der Waals surface area contributed by atoms with E-state index in [1.807, 2.05) is 6.20 Å². The predicted molar refractivity (Wildman–Crippen MR) is 94.5 cm³/mol. The molecule has 0 N–H and O–H groups in total. The first kappa shape index (κ1) is 14.3. The third-order valence-corrected chi connectivity index (χ3v) is 4.79. The first-order valence-corrected chi connectivity index (χ1v) is 8.11. The van der Waals surface area contributed by atoms with Crippen LogP contribution in [0.15, 0.2) is 40.5 Å². The zero-order valence-corrected chi connectivity index (χ0v) is 14.1. The van der Waals surface area contributed by atoms with Gasteiger partial charge in [0.2, 0.25) is 0 Å². The normalized spacial score (nSPS) is 14.0. The third-order valence-electron chi connectivity index (χ3n) is 4.79. The highest BCUT2D eigenvalue weighted by molar-refractivity contribution is 5.84. The molecule has 23 heavy (non-hydrogen) atoms. The van der Waals surface area contributed by atoms with Gasteiger partial charge in [0.1, 0.15) is 0 Å². The van der Waals surface area contributed by atoms with Crippen LogP contribution < -0.4 is 10.7 Å². The van der Waals surface area contributed by atoms with Gasteiger partial charge in [-0.25, -0.2) is 4.99 Å². The Morgan fingerprint density at radius 1 is 1.00 bits per heavy atom. The van der Waals surface area contributed by atoms with E-state index in [0.29, 0.717) is 0 Å². The van der Waals surface area contributed by atoms with Crippen molar-refractivity contribution in [3.63, 3.8) is 0 Å². The standard InChI is InChI=1S/C20H21N3/c1-12-11-21-20-15(9-10-23(3)4)18-14-7-5-6-8-16(14)22-19(18)13(2)17(12)20/h5-8,11H,9-10H2,1-4H3. The average molecular weight is 303 g/mol. The minimum Gasteiger partial charge on any atom is -0.309 e. The second-order valence-electron chi connectivity index (χ2n) is 6.67. The van der Waals surface area contributed by atoms with E-state index in [1.165, 1.54) is 33.4 Å². The summed E-state index contributed by atoms with van der Waals surface area (Å²) in [6.45, 7) is 5.34. The number of para-hydroxylation sites is 1. The number of benzene rings is 2. The van der Waals surface area contributed by atoms with E-state index < -0.39 is 0 Å². The molecule has 0 aromatic heterocycles. The van der Waals surface area contributed by atoms with Crippen LogP contribution in [0.5, 0.6) is 0 Å². The lowest BCUT2D eigenvalue weighted by Crippen LogP contribution is -2.27. The minimum atomic E-state index is 0.992. The Bertz CT molecular complexity index is 965. The molecule has 0 amide bonds. The van der Waals surface area contributed by atoms with Crippen LogP contribution in [0, 0.1) is 6.92 Å². The highest BCUT2D eigenvalue weighted by Gasteiger charge is 2.25. The van der Waals surface area contributed by atoms with Crippen LogP contribution in [-0.4, -0.2) is 25.5 Å². The molecular weight excluding hydrogens is 282 g/mol. The number of nitrogens with zero attached hydrogens (tertiary/aromatic N) is 3. The maximum absolute atomic E-state index is 4.93. The molecule has 0 bridgehead atoms. The van der Waals surface area contributed by atoms with Gasteiger partial charge in [-0.1, -0.05) is 18.2 Å². The van der Waals surface area contributed by atoms with Gasteiger partial charge in [-0.2, -0.15) is 0 Å². The number of rotatable bonds is 3. The molecule has 0 aliphatic carbocycles. The lowest BCUT2D eigenvalue weighted by atomic mass is 9.90. The molecule has 2 aliphatic rings. The summed E-state index contributed by atoms with van der Waals surface area (Å²) in [5, 5.41) is 2.30. The minimum absolute atomic E-state index is 0.992. The second-order valence-corrected chi connectivity index (χ2v) is 6.67. The quantitative estimate of drug-likeness (QED) is 0.731. The van der Waals surface area contributed by atoms with Crippen molar-refractivity contribution in [1.29, 1.82) is 0 Å². The van der Waals surface area contributed by atoms with E-state index in [4.69, 9.17) is 9.98 Å². The lowest BCUT2D eigenvalue weighted by Gasteiger charge is -2.15. The Hall–Kier alpha value is -2.26. The summed E-state index contributed by atoms with van der Waals surface area (Å²) in [6.07, 6.45) is 2.99. The molecule has 0 fully saturated rings. The van der Waals surface area contributed by atoms with Crippen LogP contribution in [0.4, 0.5) is 5.69 Å². The van der Waals surface area contributed by atoms with Crippen LogP contribution in [0.2, 0.25) is 0 Å². The first-order chi connectivity index (χ1) is 11.1. The molecule has 3 heteroatoms. The maximum Gasteiger partial charge on any atom is 0.0755 e. The van der Waals surface area contributed by atoms with E-state index in [9.17, 15) is 0 Å². The Labute approximate surface area is 136 Å². The van der Waals surface area contributed by atoms with Crippen molar-refractivity contribution in [2.24, 2.45) is 9.98 Å². The Balaban J connectivity index is 2.05. The van der Waals surface area contributed by atoms with Gasteiger partial charge < -0.3 is 4.90 Å². The van der Waals surface area contributed by atoms with E-state index in [1.54, 1.807) is 0 Å². The monoisotopic (exact) mass is 303 g/mol. The van der Waals surface area contributed by atoms with Crippen molar-refractivity contribution in [2.75, 3.05) is 20.6 Å². The summed E-state index contributed by atoms with van der Waals surface area (Å²) in [5.41, 5.74) is 8.77. The molecule has 116 valence electrons. The molecule has 0 saturated heterocycles. The van der Waals surface area contributed by atoms with Crippen LogP contribution in [0.25, 0.3) is 16.7 Å². The molecule has 2 aliphatic heterocycles. The average Bonchev–Trinajstić information content (AvgIpc) is 3.09. The first-order valence-electron chi connectivity index (χ1n) is 8.11. The topological polar surface area (TPSA) is 28.0 Å². The Kier molecular flexibility index (Phi) is 3.20. The predicted octanol–water partition coefficient (Wildman–Crippen LogP) is 3.02. The summed E-state index contributed by atoms with van der Waals surface area (Å²) in [4.78, 5) is 11.9. The molecular formula is C20H21N3. The molecule has 2 aromatic rings. The van der Waals surface area contributed by atoms with Crippen LogP contribution >= 0.6 is 0 Å². The van der Waals surface area contributed by atoms with Gasteiger partial charge in [0.25, 0.3) is 0 Å². The van der Waals surface area contributed by atoms with Gasteiger partial charge in [0.05, 0.1) is 16.4 Å². The lowest BCUT2D eigenvalue weighted by molar-refractivity contribution is 0.413. The van der Waals surface area contributed by atoms with Gasteiger partial charge in [-0.3, -0.25) is 4.99 Å². The van der Waals surface area contributed by atoms with E-state index >= 15 is 0 Å². The van der Waals surface area contributed by atoms with Crippen LogP contribution in [0.1, 0.15) is 23.6 Å². The third kappa shape index (κ3) is 2.07. The van der Waals surface area contributed by atoms with Crippen molar-refractivity contribution in [3.05, 3.63) is 57.9 Å². The molecule has 0 spiro atoms. The van der Waals surface area contributed by atoms with E-state index in [-0.39, 0.29) is 0 Å². The zero-order chi connectivity index (χ0) is 16.1. The summed E-state index contributed by atoms with van der Waals surface area (Å²) in [5.74, 6) is 0. The van der Waals surface area contributed by atoms with E-state index in [0.717, 1.165) is 29.4 Å². The Morgan fingerprint density at radius 3 is 2.57 bits per heavy atom. The molecule has 0 unspecified atom stereocenters. The fourth-order valence-electron chi connectivity index (χ4n) is 3.66. The van der Waals surface area contributed by atoms with Crippen LogP contribution in [0.3, 0.4) is 0 Å². The summed E-state index contributed by atoms with van der Waals surface area (Å²) < 4.78 is 0. The molecule has 0 atom stereocenters. The van der Waals surface area contributed by atoms with Gasteiger partial charge in [0, 0.05) is 29.4 Å². The number of likely N-dealkylation sites (N-methyl/N-ethyl adjacent to an activating group) is 1. The van der Waals surface area contributed by atoms with Crippen LogP contribution in [-0.2, 0) is 6.42 Å². The Morgan fingerprint density at radius 2 is 1.78 bits per heavy atom. The molecule has 3 nitrogen and oxygen atoms in total. The van der Waals surface area contributed by atoms with Gasteiger partial charge in [-0.05, 0) is 57.1 Å². The SMILES string of the molecule is CC1=CN=c2c(CCN(C)C)c3c(c(C)c21)=Nc1ccccc1-3. The number of fused-ring (bicyclic) bond motifs is 4. The van der Waals surface area contributed by atoms with Gasteiger partial charge >= 0.3 is 0 Å². The fraction of sp³-hybridized carbons (Fsp3) is 0.300. The van der Waals surface area contributed by atoms with Crippen molar-refractivity contribution in [3.8, 4) is 11.1 Å². The molecule has 4 rings (SSSR count). The molecule has 2 aromatic carbocycles. The van der Waals surface area contributed by atoms with Gasteiger partial charge in [0.15, 0.2) is 0 Å². The smallest absolute Gasteiger partial charge is 0.0755 e. The highest BCUT2D eigenvalue weighted by atomic mass is 15.0. The highest BCUT2D eigenvalue weighted by Crippen LogP contribution is 2.35. The van der Waals surface area contributed by atoms with Crippen molar-refractivity contribution >= 4 is 11.3 Å². The fourth-order valence-corrected chi connectivity index (χ4v) is 3.66. The maximum atomic E-state index is 4.93. The number of allylic oxidation sites excluding steroid dienone is 1. The molecule has 0 radical (unpaired) electrons. The number of hydrogen-bond donors (Lipinski definition) is 0. The molecule has 2 heterocycles. The summed E-state index contributed by atoms with van der Waals surface area (Å²) in [7, 11) is 4.24. The second kappa shape index (κ2) is 5.14. The summed E-state index contributed by atoms with van der Waals surface area (Å²) >= 11 is 0.